The average Bonchev–Trinajstić information content (AvgIpc) is 3.21. The van der Waals surface area contributed by atoms with Crippen molar-refractivity contribution in [1.82, 2.24) is 20.4 Å². The van der Waals surface area contributed by atoms with Crippen molar-refractivity contribution in [3.05, 3.63) is 0 Å². The highest BCUT2D eigenvalue weighted by atomic mass is 16.5. The van der Waals surface area contributed by atoms with Crippen LogP contribution in [0.3, 0.4) is 0 Å². The van der Waals surface area contributed by atoms with Gasteiger partial charge in [-0.15, -0.1) is 0 Å². The number of hydrogen-bond donors (Lipinski definition) is 2. The lowest BCUT2D eigenvalue weighted by atomic mass is 9.95. The van der Waals surface area contributed by atoms with Gasteiger partial charge in [0.25, 0.3) is 0 Å². The third-order valence-electron chi connectivity index (χ3n) is 6.45. The molecule has 0 unspecified atom stereocenters. The quantitative estimate of drug-likeness (QED) is 0.721. The maximum Gasteiger partial charge on any atom is 0.317 e. The molecule has 160 valence electrons. The van der Waals surface area contributed by atoms with E-state index in [0.717, 1.165) is 65.1 Å². The van der Waals surface area contributed by atoms with Gasteiger partial charge in [-0.05, 0) is 31.6 Å². The molecule has 3 fully saturated rings. The van der Waals surface area contributed by atoms with E-state index in [2.05, 4.69) is 29.4 Å². The van der Waals surface area contributed by atoms with E-state index < -0.39 is 0 Å². The molecular weight excluding hydrogens is 356 g/mol. The number of amides is 3. The monoisotopic (exact) mass is 394 g/mol. The van der Waals surface area contributed by atoms with E-state index in [1.54, 1.807) is 0 Å². The normalized spacial score (nSPS) is 25.7. The van der Waals surface area contributed by atoms with Crippen LogP contribution in [0.5, 0.6) is 0 Å². The number of piperidine rings is 1. The molecule has 3 rings (SSSR count). The van der Waals surface area contributed by atoms with Gasteiger partial charge < -0.3 is 20.3 Å². The minimum absolute atomic E-state index is 0.0122. The van der Waals surface area contributed by atoms with E-state index in [1.807, 2.05) is 4.90 Å². The minimum atomic E-state index is -0.103. The summed E-state index contributed by atoms with van der Waals surface area (Å²) in [5.74, 6) is 0.372. The first-order valence-corrected chi connectivity index (χ1v) is 11.2. The second-order valence-corrected chi connectivity index (χ2v) is 8.99. The molecule has 28 heavy (non-hydrogen) atoms. The largest absolute Gasteiger partial charge is 0.379 e. The predicted molar refractivity (Wildman–Crippen MR) is 109 cm³/mol. The number of morpholine rings is 1. The number of carbonyl (C=O) groups excluding carboxylic acids is 2. The smallest absolute Gasteiger partial charge is 0.317 e. The first-order valence-electron chi connectivity index (χ1n) is 11.2. The highest BCUT2D eigenvalue weighted by molar-refractivity contribution is 5.81. The first-order chi connectivity index (χ1) is 13.5. The summed E-state index contributed by atoms with van der Waals surface area (Å²) in [6.07, 6.45) is 6.33. The topological polar surface area (TPSA) is 73.9 Å². The van der Waals surface area contributed by atoms with Crippen LogP contribution >= 0.6 is 0 Å². The summed E-state index contributed by atoms with van der Waals surface area (Å²) in [5, 5.41) is 6.44. The Balaban J connectivity index is 1.49. The summed E-state index contributed by atoms with van der Waals surface area (Å²) in [7, 11) is 0. The molecule has 0 radical (unpaired) electrons. The molecule has 2 heterocycles. The van der Waals surface area contributed by atoms with Crippen LogP contribution in [0, 0.1) is 11.8 Å². The van der Waals surface area contributed by atoms with E-state index in [9.17, 15) is 9.59 Å². The lowest BCUT2D eigenvalue weighted by Crippen LogP contribution is -2.54. The maximum atomic E-state index is 13.0. The summed E-state index contributed by atoms with van der Waals surface area (Å²) in [4.78, 5) is 29.8. The number of hydrogen-bond acceptors (Lipinski definition) is 4. The van der Waals surface area contributed by atoms with Gasteiger partial charge in [0.15, 0.2) is 0 Å². The third kappa shape index (κ3) is 6.08. The van der Waals surface area contributed by atoms with E-state index in [-0.39, 0.29) is 23.9 Å². The number of urea groups is 1. The van der Waals surface area contributed by atoms with Crippen LogP contribution in [0.25, 0.3) is 0 Å². The molecule has 2 aliphatic heterocycles. The van der Waals surface area contributed by atoms with Crippen LogP contribution in [-0.4, -0.2) is 79.8 Å². The number of carbonyl (C=O) groups is 2. The van der Waals surface area contributed by atoms with Crippen LogP contribution < -0.4 is 10.6 Å². The molecule has 0 bridgehead atoms. The molecule has 7 nitrogen and oxygen atoms in total. The highest BCUT2D eigenvalue weighted by Crippen LogP contribution is 2.21. The third-order valence-corrected chi connectivity index (χ3v) is 6.45. The van der Waals surface area contributed by atoms with Crippen molar-refractivity contribution >= 4 is 11.9 Å². The molecule has 3 amide bonds. The average molecular weight is 395 g/mol. The molecule has 0 aromatic carbocycles. The fraction of sp³-hybridized carbons (Fsp3) is 0.905. The SMILES string of the molecule is CC(C)[C@H](CN1CCOCC1)NC(=O)[C@H]1CCCN(C(=O)NC2CCCC2)C1. The molecule has 1 saturated carbocycles. The van der Waals surface area contributed by atoms with Crippen molar-refractivity contribution in [1.29, 1.82) is 0 Å². The summed E-state index contributed by atoms with van der Waals surface area (Å²) < 4.78 is 5.43. The second kappa shape index (κ2) is 10.4. The lowest BCUT2D eigenvalue weighted by molar-refractivity contribution is -0.127. The lowest BCUT2D eigenvalue weighted by Gasteiger charge is -2.36. The second-order valence-electron chi connectivity index (χ2n) is 8.99. The Morgan fingerprint density at radius 2 is 1.75 bits per heavy atom. The Labute approximate surface area is 169 Å². The highest BCUT2D eigenvalue weighted by Gasteiger charge is 2.31. The van der Waals surface area contributed by atoms with Crippen molar-refractivity contribution in [2.45, 2.75) is 64.5 Å². The molecule has 2 saturated heterocycles. The molecule has 3 aliphatic rings. The number of nitrogens with one attached hydrogen (secondary N) is 2. The van der Waals surface area contributed by atoms with E-state index in [1.165, 1.54) is 12.8 Å². The maximum absolute atomic E-state index is 13.0. The van der Waals surface area contributed by atoms with Crippen LogP contribution in [0.2, 0.25) is 0 Å². The van der Waals surface area contributed by atoms with Crippen molar-refractivity contribution in [2.75, 3.05) is 45.9 Å². The summed E-state index contributed by atoms with van der Waals surface area (Å²) in [5.41, 5.74) is 0. The van der Waals surface area contributed by atoms with Crippen LogP contribution in [0.4, 0.5) is 4.79 Å². The molecule has 0 spiro atoms. The molecule has 7 heteroatoms. The Morgan fingerprint density at radius 1 is 1.04 bits per heavy atom. The van der Waals surface area contributed by atoms with Crippen molar-refractivity contribution in [3.63, 3.8) is 0 Å². The number of rotatable bonds is 6. The predicted octanol–water partition coefficient (Wildman–Crippen LogP) is 1.82. The van der Waals surface area contributed by atoms with Crippen LogP contribution in [0.1, 0.15) is 52.4 Å². The Morgan fingerprint density at radius 3 is 2.43 bits per heavy atom. The number of likely N-dealkylation sites (tertiary alicyclic amines) is 1. The van der Waals surface area contributed by atoms with E-state index in [4.69, 9.17) is 4.74 Å². The van der Waals surface area contributed by atoms with Gasteiger partial charge in [-0.25, -0.2) is 4.79 Å². The fourth-order valence-corrected chi connectivity index (χ4v) is 4.50. The van der Waals surface area contributed by atoms with Crippen molar-refractivity contribution in [2.24, 2.45) is 11.8 Å². The molecule has 2 atom stereocenters. The van der Waals surface area contributed by atoms with Crippen molar-refractivity contribution < 1.29 is 14.3 Å². The molecule has 2 N–H and O–H groups in total. The van der Waals surface area contributed by atoms with Gasteiger partial charge in [-0.1, -0.05) is 26.7 Å². The van der Waals surface area contributed by atoms with Gasteiger partial charge in [-0.3, -0.25) is 9.69 Å². The van der Waals surface area contributed by atoms with Gasteiger partial charge in [0.2, 0.25) is 5.91 Å². The van der Waals surface area contributed by atoms with Crippen molar-refractivity contribution in [3.8, 4) is 0 Å². The summed E-state index contributed by atoms with van der Waals surface area (Å²) >= 11 is 0. The molecular formula is C21H38N4O3. The van der Waals surface area contributed by atoms with E-state index >= 15 is 0 Å². The van der Waals surface area contributed by atoms with Gasteiger partial charge in [0.1, 0.15) is 0 Å². The zero-order valence-corrected chi connectivity index (χ0v) is 17.6. The zero-order valence-electron chi connectivity index (χ0n) is 17.6. The Bertz CT molecular complexity index is 516. The van der Waals surface area contributed by atoms with Crippen LogP contribution in [0.15, 0.2) is 0 Å². The van der Waals surface area contributed by atoms with Gasteiger partial charge >= 0.3 is 6.03 Å². The number of nitrogens with zero attached hydrogens (tertiary/aromatic N) is 2. The first kappa shape index (κ1) is 21.4. The zero-order chi connectivity index (χ0) is 19.9. The van der Waals surface area contributed by atoms with Gasteiger partial charge in [-0.2, -0.15) is 0 Å². The van der Waals surface area contributed by atoms with E-state index in [0.29, 0.717) is 18.5 Å². The van der Waals surface area contributed by atoms with Gasteiger partial charge in [0.05, 0.1) is 19.1 Å². The molecule has 0 aromatic heterocycles. The molecule has 0 aromatic rings. The fourth-order valence-electron chi connectivity index (χ4n) is 4.50. The van der Waals surface area contributed by atoms with Gasteiger partial charge in [0, 0.05) is 44.8 Å². The number of ether oxygens (including phenoxy) is 1. The summed E-state index contributed by atoms with van der Waals surface area (Å²) in [6, 6.07) is 0.465. The Hall–Kier alpha value is -1.34. The minimum Gasteiger partial charge on any atom is -0.379 e. The van der Waals surface area contributed by atoms with Crippen LogP contribution in [-0.2, 0) is 9.53 Å². The Kier molecular flexibility index (Phi) is 7.97. The summed E-state index contributed by atoms with van der Waals surface area (Å²) in [6.45, 7) is 9.87. The standard InChI is InChI=1S/C21H38N4O3/c1-16(2)19(15-24-10-12-28-13-11-24)23-20(26)17-6-5-9-25(14-17)21(27)22-18-7-3-4-8-18/h16-19H,3-15H2,1-2H3,(H,22,27)(H,23,26)/t17-,19-/m0/s1. The molecule has 1 aliphatic carbocycles.